The molecule has 3 radical (unpaired) electrons. The first kappa shape index (κ1) is 9.70. The molecule has 0 saturated carbocycles. The van der Waals surface area contributed by atoms with E-state index in [2.05, 4.69) is 44.3 Å². The van der Waals surface area contributed by atoms with Gasteiger partial charge in [-0.1, -0.05) is 24.3 Å². The molecular weight excluding hydrogens is 180 g/mol. The molecule has 0 aliphatic rings. The van der Waals surface area contributed by atoms with Crippen molar-refractivity contribution in [1.29, 1.82) is 0 Å². The van der Waals surface area contributed by atoms with Crippen molar-refractivity contribution in [2.45, 2.75) is 20.0 Å². The second-order valence-electron chi connectivity index (χ2n) is 2.93. The molecule has 1 aromatic carbocycles. The molecule has 0 heterocycles. The van der Waals surface area contributed by atoms with E-state index in [1.807, 2.05) is 0 Å². The Morgan fingerprint density at radius 1 is 1.25 bits per heavy atom. The molecule has 1 rings (SSSR count). The van der Waals surface area contributed by atoms with Gasteiger partial charge in [-0.25, -0.2) is 0 Å². The second kappa shape index (κ2) is 4.59. The van der Waals surface area contributed by atoms with Crippen molar-refractivity contribution in [3.05, 3.63) is 29.8 Å². The standard InChI is InChI=1S/C9H13OSi2/c1-8-6-4-5-7-9(8)11-10-12(2)3/h4-7H,1-3H3. The normalized spacial score (nSPS) is 10.7. The minimum Gasteiger partial charge on any atom is -0.453 e. The van der Waals surface area contributed by atoms with Gasteiger partial charge >= 0.3 is 0 Å². The van der Waals surface area contributed by atoms with Gasteiger partial charge in [0.05, 0.1) is 0 Å². The Balaban J connectivity index is 2.57. The maximum Gasteiger partial charge on any atom is 0.257 e. The summed E-state index contributed by atoms with van der Waals surface area (Å²) in [5.74, 6) is 0. The number of rotatable bonds is 3. The Morgan fingerprint density at radius 2 is 1.92 bits per heavy atom. The zero-order valence-electron chi connectivity index (χ0n) is 7.72. The lowest BCUT2D eigenvalue weighted by Crippen LogP contribution is -2.24. The van der Waals surface area contributed by atoms with Gasteiger partial charge in [0.15, 0.2) is 9.04 Å². The third-order valence-electron chi connectivity index (χ3n) is 1.51. The van der Waals surface area contributed by atoms with E-state index in [1.165, 1.54) is 10.8 Å². The summed E-state index contributed by atoms with van der Waals surface area (Å²) >= 11 is 0. The molecule has 0 atom stereocenters. The molecule has 0 aliphatic heterocycles. The number of hydrogen-bond donors (Lipinski definition) is 0. The van der Waals surface area contributed by atoms with Crippen LogP contribution in [0.3, 0.4) is 0 Å². The molecule has 0 unspecified atom stereocenters. The van der Waals surface area contributed by atoms with Crippen LogP contribution in [0.4, 0.5) is 0 Å². The van der Waals surface area contributed by atoms with E-state index in [9.17, 15) is 0 Å². The fourth-order valence-corrected chi connectivity index (χ4v) is 2.51. The third-order valence-corrected chi connectivity index (χ3v) is 4.33. The maximum atomic E-state index is 5.64. The summed E-state index contributed by atoms with van der Waals surface area (Å²) < 4.78 is 5.64. The average molecular weight is 193 g/mol. The zero-order chi connectivity index (χ0) is 8.97. The SMILES string of the molecule is Cc1ccccc1[Si]O[Si](C)C. The van der Waals surface area contributed by atoms with Crippen molar-refractivity contribution < 1.29 is 4.12 Å². The molecule has 0 spiro atoms. The maximum absolute atomic E-state index is 5.64. The van der Waals surface area contributed by atoms with Crippen molar-refractivity contribution in [2.24, 2.45) is 0 Å². The van der Waals surface area contributed by atoms with Crippen LogP contribution in [0.15, 0.2) is 24.3 Å². The predicted molar refractivity (Wildman–Crippen MR) is 55.1 cm³/mol. The number of aryl methyl sites for hydroxylation is 1. The molecule has 63 valence electrons. The van der Waals surface area contributed by atoms with Crippen LogP contribution >= 0.6 is 0 Å². The van der Waals surface area contributed by atoms with E-state index in [0.717, 1.165) is 0 Å². The van der Waals surface area contributed by atoms with E-state index >= 15 is 0 Å². The lowest BCUT2D eigenvalue weighted by atomic mass is 10.2. The van der Waals surface area contributed by atoms with E-state index in [4.69, 9.17) is 4.12 Å². The highest BCUT2D eigenvalue weighted by Crippen LogP contribution is 1.92. The Bertz CT molecular complexity index is 248. The molecular formula is C9H13OSi2. The molecule has 0 amide bonds. The highest BCUT2D eigenvalue weighted by atomic mass is 28.3. The summed E-state index contributed by atoms with van der Waals surface area (Å²) in [6.07, 6.45) is 0. The number of benzene rings is 1. The fraction of sp³-hybridized carbons (Fsp3) is 0.333. The van der Waals surface area contributed by atoms with Gasteiger partial charge < -0.3 is 4.12 Å². The van der Waals surface area contributed by atoms with Crippen molar-refractivity contribution in [3.63, 3.8) is 0 Å². The average Bonchev–Trinajstić information content (AvgIpc) is 2.03. The van der Waals surface area contributed by atoms with Crippen molar-refractivity contribution in [2.75, 3.05) is 0 Å². The quantitative estimate of drug-likeness (QED) is 0.661. The largest absolute Gasteiger partial charge is 0.453 e. The van der Waals surface area contributed by atoms with Crippen LogP contribution in [0.2, 0.25) is 13.1 Å². The van der Waals surface area contributed by atoms with Gasteiger partial charge in [-0.2, -0.15) is 0 Å². The van der Waals surface area contributed by atoms with Crippen LogP contribution in [-0.2, 0) is 4.12 Å². The fourth-order valence-electron chi connectivity index (χ4n) is 0.844. The Hall–Kier alpha value is -0.386. The summed E-state index contributed by atoms with van der Waals surface area (Å²) in [5, 5.41) is 1.34. The Labute approximate surface area is 78.4 Å². The lowest BCUT2D eigenvalue weighted by molar-refractivity contribution is 0.635. The first-order valence-corrected chi connectivity index (χ1v) is 7.30. The molecule has 0 aromatic heterocycles. The van der Waals surface area contributed by atoms with Gasteiger partial charge in [0.2, 0.25) is 0 Å². The lowest BCUT2D eigenvalue weighted by Gasteiger charge is -2.06. The summed E-state index contributed by atoms with van der Waals surface area (Å²) in [4.78, 5) is 0. The smallest absolute Gasteiger partial charge is 0.257 e. The minimum absolute atomic E-state index is 0.529. The van der Waals surface area contributed by atoms with Gasteiger partial charge in [-0.15, -0.1) is 0 Å². The van der Waals surface area contributed by atoms with Crippen molar-refractivity contribution in [3.8, 4) is 0 Å². The summed E-state index contributed by atoms with van der Waals surface area (Å²) in [7, 11) is -0.00746. The van der Waals surface area contributed by atoms with Gasteiger partial charge in [0.1, 0.15) is 0 Å². The minimum atomic E-state index is -0.536. The Kier molecular flexibility index (Phi) is 3.71. The van der Waals surface area contributed by atoms with Crippen LogP contribution < -0.4 is 5.19 Å². The first-order chi connectivity index (χ1) is 5.70. The molecule has 0 fully saturated rings. The second-order valence-corrected chi connectivity index (χ2v) is 6.30. The molecule has 1 aromatic rings. The molecule has 1 nitrogen and oxygen atoms in total. The summed E-state index contributed by atoms with van der Waals surface area (Å²) in [6, 6.07) is 8.39. The van der Waals surface area contributed by atoms with Crippen LogP contribution in [0, 0.1) is 6.92 Å². The van der Waals surface area contributed by atoms with Crippen LogP contribution in [0.1, 0.15) is 5.56 Å². The predicted octanol–water partition coefficient (Wildman–Crippen LogP) is 1.51. The molecule has 0 aliphatic carbocycles. The van der Waals surface area contributed by atoms with Gasteiger partial charge in [0.25, 0.3) is 9.76 Å². The highest BCUT2D eigenvalue weighted by Gasteiger charge is 2.02. The topological polar surface area (TPSA) is 9.23 Å². The van der Waals surface area contributed by atoms with E-state index in [1.54, 1.807) is 0 Å². The van der Waals surface area contributed by atoms with Gasteiger partial charge in [-0.05, 0) is 30.8 Å². The molecule has 3 heteroatoms. The monoisotopic (exact) mass is 193 g/mol. The van der Waals surface area contributed by atoms with E-state index < -0.39 is 9.04 Å². The van der Waals surface area contributed by atoms with E-state index in [-0.39, 0.29) is 0 Å². The van der Waals surface area contributed by atoms with Crippen LogP contribution in [0.25, 0.3) is 0 Å². The van der Waals surface area contributed by atoms with Crippen LogP contribution in [0.5, 0.6) is 0 Å². The first-order valence-electron chi connectivity index (χ1n) is 3.99. The molecule has 0 N–H and O–H groups in total. The van der Waals surface area contributed by atoms with Crippen LogP contribution in [-0.4, -0.2) is 18.8 Å². The summed E-state index contributed by atoms with van der Waals surface area (Å²) in [6.45, 7) is 6.45. The summed E-state index contributed by atoms with van der Waals surface area (Å²) in [5.41, 5.74) is 1.33. The Morgan fingerprint density at radius 3 is 2.50 bits per heavy atom. The zero-order valence-corrected chi connectivity index (χ0v) is 9.72. The van der Waals surface area contributed by atoms with Gasteiger partial charge in [-0.3, -0.25) is 0 Å². The van der Waals surface area contributed by atoms with Gasteiger partial charge in [0, 0.05) is 0 Å². The van der Waals surface area contributed by atoms with E-state index in [0.29, 0.717) is 9.76 Å². The third kappa shape index (κ3) is 2.93. The highest BCUT2D eigenvalue weighted by molar-refractivity contribution is 6.61. The van der Waals surface area contributed by atoms with Crippen molar-refractivity contribution >= 4 is 24.0 Å². The van der Waals surface area contributed by atoms with Crippen molar-refractivity contribution in [1.82, 2.24) is 0 Å². The number of hydrogen-bond acceptors (Lipinski definition) is 1. The molecule has 0 saturated heterocycles. The molecule has 12 heavy (non-hydrogen) atoms. The molecule has 0 bridgehead atoms.